The topological polar surface area (TPSA) is 114 Å². The monoisotopic (exact) mass is 629 g/mol. The predicted molar refractivity (Wildman–Crippen MR) is 135 cm³/mol. The van der Waals surface area contributed by atoms with E-state index in [-0.39, 0.29) is 23.2 Å². The molecule has 2 aromatic rings. The van der Waals surface area contributed by atoms with Gasteiger partial charge >= 0.3 is 18.4 Å². The number of benzene rings is 2. The molecule has 0 spiro atoms. The van der Waals surface area contributed by atoms with Crippen LogP contribution in [-0.2, 0) is 25.7 Å². The Bertz CT molecular complexity index is 1490. The Morgan fingerprint density at radius 2 is 1.62 bits per heavy atom. The van der Waals surface area contributed by atoms with Crippen LogP contribution < -0.4 is 19.7 Å². The minimum absolute atomic E-state index is 0.118. The molecule has 0 saturated carbocycles. The maximum atomic E-state index is 13.9. The number of alkyl halides is 6. The van der Waals surface area contributed by atoms with Gasteiger partial charge in [0.1, 0.15) is 17.7 Å². The van der Waals surface area contributed by atoms with E-state index in [1.54, 1.807) is 0 Å². The molecule has 0 aliphatic carbocycles. The van der Waals surface area contributed by atoms with E-state index in [1.807, 2.05) is 5.32 Å². The lowest BCUT2D eigenvalue weighted by Gasteiger charge is -2.42. The number of rotatable bonds is 6. The van der Waals surface area contributed by atoms with Gasteiger partial charge in [0.05, 0.1) is 28.2 Å². The second kappa shape index (κ2) is 10.8. The summed E-state index contributed by atoms with van der Waals surface area (Å²) in [6.07, 6.45) is -12.8. The van der Waals surface area contributed by atoms with Crippen LogP contribution in [0.1, 0.15) is 40.2 Å². The van der Waals surface area contributed by atoms with Gasteiger partial charge in [0.25, 0.3) is 10.0 Å². The highest BCUT2D eigenvalue weighted by Crippen LogP contribution is 2.42. The molecule has 232 valence electrons. The van der Waals surface area contributed by atoms with Crippen LogP contribution in [-0.4, -0.2) is 50.4 Å². The van der Waals surface area contributed by atoms with Crippen LogP contribution in [0.2, 0.25) is 0 Å². The zero-order valence-electron chi connectivity index (χ0n) is 22.7. The fourth-order valence-corrected chi connectivity index (χ4v) is 5.40. The third-order valence-electron chi connectivity index (χ3n) is 6.24. The van der Waals surface area contributed by atoms with E-state index in [1.165, 1.54) is 20.8 Å². The number of hydrogen-bond acceptors (Lipinski definition) is 6. The Morgan fingerprint density at radius 3 is 2.17 bits per heavy atom. The highest BCUT2D eigenvalue weighted by molar-refractivity contribution is 7.92. The quantitative estimate of drug-likeness (QED) is 0.402. The molecule has 1 heterocycles. The van der Waals surface area contributed by atoms with Crippen molar-refractivity contribution in [3.8, 4) is 5.75 Å². The van der Waals surface area contributed by atoms with Crippen molar-refractivity contribution in [3.05, 3.63) is 47.8 Å². The Labute approximate surface area is 236 Å². The predicted octanol–water partition coefficient (Wildman–Crippen LogP) is 5.60. The van der Waals surface area contributed by atoms with Gasteiger partial charge in [0, 0.05) is 12.6 Å². The number of anilines is 2. The van der Waals surface area contributed by atoms with Crippen LogP contribution in [0.15, 0.2) is 41.3 Å². The average molecular weight is 630 g/mol. The zero-order valence-corrected chi connectivity index (χ0v) is 23.5. The first-order valence-corrected chi connectivity index (χ1v) is 13.5. The molecule has 42 heavy (non-hydrogen) atoms. The molecule has 0 aromatic heterocycles. The highest BCUT2D eigenvalue weighted by atomic mass is 32.2. The molecule has 1 aliphatic heterocycles. The third kappa shape index (κ3) is 6.82. The fourth-order valence-electron chi connectivity index (χ4n) is 3.91. The molecule has 17 heteroatoms. The molecule has 0 bridgehead atoms. The normalized spacial score (nSPS) is 16.3. The Kier molecular flexibility index (Phi) is 8.44. The van der Waals surface area contributed by atoms with Gasteiger partial charge in [-0.05, 0) is 64.1 Å². The van der Waals surface area contributed by atoms with Crippen LogP contribution >= 0.6 is 0 Å². The number of carbonyl (C=O) groups excluding carboxylic acids is 2. The summed E-state index contributed by atoms with van der Waals surface area (Å²) in [6, 6.07) is 4.38. The smallest absolute Gasteiger partial charge is 0.427 e. The van der Waals surface area contributed by atoms with Crippen LogP contribution in [0.5, 0.6) is 5.75 Å². The maximum Gasteiger partial charge on any atom is 0.427 e. The van der Waals surface area contributed by atoms with Crippen molar-refractivity contribution in [1.29, 1.82) is 0 Å². The summed E-state index contributed by atoms with van der Waals surface area (Å²) in [5.74, 6) is -2.38. The van der Waals surface area contributed by atoms with Gasteiger partial charge in [-0.15, -0.1) is 0 Å². The first-order chi connectivity index (χ1) is 19.0. The number of carbonyl (C=O) groups is 2. The molecule has 0 unspecified atom stereocenters. The van der Waals surface area contributed by atoms with E-state index in [9.17, 15) is 48.7 Å². The summed E-state index contributed by atoms with van der Waals surface area (Å²) in [5.41, 5.74) is -6.53. The average Bonchev–Trinajstić information content (AvgIpc) is 2.80. The van der Waals surface area contributed by atoms with Crippen molar-refractivity contribution in [2.24, 2.45) is 0 Å². The Balaban J connectivity index is 2.10. The van der Waals surface area contributed by atoms with Gasteiger partial charge in [-0.1, -0.05) is 0 Å². The van der Waals surface area contributed by atoms with Crippen molar-refractivity contribution in [2.75, 3.05) is 16.2 Å². The molecular formula is C25H26F7N3O6S. The van der Waals surface area contributed by atoms with Gasteiger partial charge in [-0.2, -0.15) is 26.3 Å². The first kappa shape index (κ1) is 32.8. The number of sulfonamides is 1. The summed E-state index contributed by atoms with van der Waals surface area (Å²) in [4.78, 5) is 23.0. The molecule has 2 amide bonds. The number of halogens is 7. The van der Waals surface area contributed by atoms with Crippen LogP contribution in [0, 0.1) is 5.82 Å². The number of ether oxygens (including phenoxy) is 2. The standard InChI is InChI=1S/C25H26F7N3O6S/c1-13(36)34-22(2,3)20-12-35(42(38,39)15-7-8-17(26)16(11-15)24(27,28)29)18-10-14(6-9-19(18)40-20)33-21(37)41-23(4,5)25(30,31)32/h6-11,20H,12H2,1-5H3,(H,33,37)(H,34,36)/t20-/m0/s1. The molecule has 0 fully saturated rings. The number of amides is 2. The van der Waals surface area contributed by atoms with Crippen molar-refractivity contribution in [2.45, 2.75) is 69.1 Å². The molecule has 0 radical (unpaired) electrons. The number of nitrogens with one attached hydrogen (secondary N) is 2. The Morgan fingerprint density at radius 1 is 1.00 bits per heavy atom. The van der Waals surface area contributed by atoms with Gasteiger partial charge in [0.15, 0.2) is 0 Å². The number of nitrogens with zero attached hydrogens (tertiary/aromatic N) is 1. The van der Waals surface area contributed by atoms with E-state index in [4.69, 9.17) is 4.74 Å². The number of fused-ring (bicyclic) bond motifs is 1. The molecule has 2 aromatic carbocycles. The fraction of sp³-hybridized carbons (Fsp3) is 0.440. The second-order valence-electron chi connectivity index (χ2n) is 10.4. The molecular weight excluding hydrogens is 603 g/mol. The van der Waals surface area contributed by atoms with E-state index in [0.717, 1.165) is 18.2 Å². The van der Waals surface area contributed by atoms with Gasteiger partial charge in [0.2, 0.25) is 11.5 Å². The van der Waals surface area contributed by atoms with E-state index in [0.29, 0.717) is 30.3 Å². The van der Waals surface area contributed by atoms with E-state index >= 15 is 0 Å². The van der Waals surface area contributed by atoms with Crippen molar-refractivity contribution >= 4 is 33.4 Å². The van der Waals surface area contributed by atoms with Crippen LogP contribution in [0.4, 0.5) is 46.9 Å². The number of hydrogen-bond donors (Lipinski definition) is 2. The largest absolute Gasteiger partial charge is 0.484 e. The lowest BCUT2D eigenvalue weighted by molar-refractivity contribution is -0.242. The van der Waals surface area contributed by atoms with Gasteiger partial charge < -0.3 is 14.8 Å². The second-order valence-corrected chi connectivity index (χ2v) is 12.3. The van der Waals surface area contributed by atoms with E-state index < -0.39 is 74.4 Å². The summed E-state index contributed by atoms with van der Waals surface area (Å²) < 4.78 is 132. The van der Waals surface area contributed by atoms with Crippen molar-refractivity contribution < 1.29 is 58.2 Å². The lowest BCUT2D eigenvalue weighted by atomic mass is 9.95. The summed E-state index contributed by atoms with van der Waals surface area (Å²) in [7, 11) is -4.91. The maximum absolute atomic E-state index is 13.9. The molecule has 9 nitrogen and oxygen atoms in total. The Hall–Kier alpha value is -3.76. The molecule has 2 N–H and O–H groups in total. The summed E-state index contributed by atoms with van der Waals surface area (Å²) >= 11 is 0. The molecule has 1 aliphatic rings. The zero-order chi connectivity index (χ0) is 32.1. The van der Waals surface area contributed by atoms with Crippen LogP contribution in [0.25, 0.3) is 0 Å². The highest BCUT2D eigenvalue weighted by Gasteiger charge is 2.51. The molecule has 3 rings (SSSR count). The summed E-state index contributed by atoms with van der Waals surface area (Å²) in [5, 5.41) is 4.63. The van der Waals surface area contributed by atoms with Gasteiger partial charge in [-0.25, -0.2) is 17.6 Å². The third-order valence-corrected chi connectivity index (χ3v) is 8.02. The minimum Gasteiger partial charge on any atom is -0.484 e. The van der Waals surface area contributed by atoms with Gasteiger partial charge in [-0.3, -0.25) is 14.4 Å². The summed E-state index contributed by atoms with van der Waals surface area (Å²) in [6.45, 7) is 4.83. The lowest BCUT2D eigenvalue weighted by Crippen LogP contribution is -2.60. The van der Waals surface area contributed by atoms with E-state index in [2.05, 4.69) is 10.1 Å². The first-order valence-electron chi connectivity index (χ1n) is 12.0. The van der Waals surface area contributed by atoms with Crippen molar-refractivity contribution in [3.63, 3.8) is 0 Å². The molecule has 0 saturated heterocycles. The van der Waals surface area contributed by atoms with Crippen LogP contribution in [0.3, 0.4) is 0 Å². The molecule has 1 atom stereocenters. The minimum atomic E-state index is -5.23. The SMILES string of the molecule is CC(=O)NC(C)(C)[C@@H]1CN(S(=O)(=O)c2ccc(F)c(C(F)(F)F)c2)c2cc(NC(=O)OC(C)(C)C(F)(F)F)ccc2O1. The van der Waals surface area contributed by atoms with Crippen molar-refractivity contribution in [1.82, 2.24) is 5.32 Å².